The zero-order valence-electron chi connectivity index (χ0n) is 14.6. The van der Waals surface area contributed by atoms with Gasteiger partial charge in [-0.25, -0.2) is 0 Å². The van der Waals surface area contributed by atoms with Crippen LogP contribution < -0.4 is 5.32 Å². The second-order valence-corrected chi connectivity index (χ2v) is 6.25. The van der Waals surface area contributed by atoms with Crippen molar-refractivity contribution in [2.75, 3.05) is 39.9 Å². The molecular formula is C18H31N3O2. The molecule has 130 valence electrons. The molecule has 23 heavy (non-hydrogen) atoms. The highest BCUT2D eigenvalue weighted by Gasteiger charge is 2.21. The number of likely N-dealkylation sites (N-methyl/N-ethyl adjacent to an activating group) is 1. The summed E-state index contributed by atoms with van der Waals surface area (Å²) >= 11 is 0. The van der Waals surface area contributed by atoms with E-state index in [1.807, 2.05) is 12.1 Å². The highest BCUT2D eigenvalue weighted by molar-refractivity contribution is 5.79. The summed E-state index contributed by atoms with van der Waals surface area (Å²) < 4.78 is 11.1. The third-order valence-electron chi connectivity index (χ3n) is 3.99. The van der Waals surface area contributed by atoms with Crippen LogP contribution in [0.15, 0.2) is 27.8 Å². The summed E-state index contributed by atoms with van der Waals surface area (Å²) in [6, 6.07) is 3.93. The van der Waals surface area contributed by atoms with E-state index in [1.54, 1.807) is 6.26 Å². The minimum Gasteiger partial charge on any atom is -0.469 e. The lowest BCUT2D eigenvalue weighted by molar-refractivity contribution is 0.115. The molecule has 1 aromatic rings. The van der Waals surface area contributed by atoms with Gasteiger partial charge in [-0.3, -0.25) is 4.99 Å². The lowest BCUT2D eigenvalue weighted by Crippen LogP contribution is -2.41. The summed E-state index contributed by atoms with van der Waals surface area (Å²) in [6.07, 6.45) is 7.55. The van der Waals surface area contributed by atoms with Crippen molar-refractivity contribution in [3.8, 4) is 0 Å². The molecule has 0 unspecified atom stereocenters. The molecule has 5 nitrogen and oxygen atoms in total. The topological polar surface area (TPSA) is 50.0 Å². The van der Waals surface area contributed by atoms with Crippen molar-refractivity contribution in [3.63, 3.8) is 0 Å². The Bertz CT molecular complexity index is 441. The molecule has 0 saturated heterocycles. The number of unbranched alkanes of at least 4 members (excludes halogenated alkanes) is 1. The van der Waals surface area contributed by atoms with Gasteiger partial charge >= 0.3 is 0 Å². The van der Waals surface area contributed by atoms with Crippen LogP contribution in [-0.4, -0.2) is 50.8 Å². The van der Waals surface area contributed by atoms with E-state index in [9.17, 15) is 0 Å². The molecule has 2 rings (SSSR count). The molecule has 1 aromatic heterocycles. The predicted molar refractivity (Wildman–Crippen MR) is 93.8 cm³/mol. The van der Waals surface area contributed by atoms with Crippen LogP contribution in [-0.2, 0) is 11.2 Å². The van der Waals surface area contributed by atoms with Gasteiger partial charge in [0.1, 0.15) is 5.76 Å². The van der Waals surface area contributed by atoms with Crippen LogP contribution in [0, 0.1) is 5.92 Å². The van der Waals surface area contributed by atoms with Crippen LogP contribution in [0.1, 0.15) is 38.4 Å². The van der Waals surface area contributed by atoms with E-state index in [4.69, 9.17) is 14.1 Å². The Hall–Kier alpha value is -1.49. The largest absolute Gasteiger partial charge is 0.469 e. The number of aliphatic imine (C=N–C) groups is 1. The van der Waals surface area contributed by atoms with Gasteiger partial charge in [0.25, 0.3) is 0 Å². The minimum absolute atomic E-state index is 0.764. The van der Waals surface area contributed by atoms with E-state index in [1.165, 1.54) is 12.8 Å². The Morgan fingerprint density at radius 2 is 2.35 bits per heavy atom. The van der Waals surface area contributed by atoms with Crippen LogP contribution >= 0.6 is 0 Å². The molecule has 1 aliphatic rings. The molecule has 1 heterocycles. The van der Waals surface area contributed by atoms with Gasteiger partial charge in [0.05, 0.1) is 12.9 Å². The monoisotopic (exact) mass is 321 g/mol. The van der Waals surface area contributed by atoms with Crippen LogP contribution in [0.25, 0.3) is 0 Å². The van der Waals surface area contributed by atoms with Gasteiger partial charge in [-0.05, 0) is 37.3 Å². The number of nitrogens with one attached hydrogen (secondary N) is 1. The van der Waals surface area contributed by atoms with Gasteiger partial charge in [0.15, 0.2) is 5.96 Å². The Kier molecular flexibility index (Phi) is 8.01. The molecule has 1 fully saturated rings. The average molecular weight is 321 g/mol. The van der Waals surface area contributed by atoms with Crippen molar-refractivity contribution in [2.45, 2.75) is 39.0 Å². The number of hydrogen-bond acceptors (Lipinski definition) is 3. The minimum atomic E-state index is 0.764. The summed E-state index contributed by atoms with van der Waals surface area (Å²) in [4.78, 5) is 6.86. The van der Waals surface area contributed by atoms with Crippen LogP contribution in [0.5, 0.6) is 0 Å². The fourth-order valence-corrected chi connectivity index (χ4v) is 2.25. The predicted octanol–water partition coefficient (Wildman–Crippen LogP) is 2.93. The van der Waals surface area contributed by atoms with Gasteiger partial charge in [0.2, 0.25) is 0 Å². The fraction of sp³-hybridized carbons (Fsp3) is 0.722. The molecule has 1 aliphatic carbocycles. The second-order valence-electron chi connectivity index (χ2n) is 6.25. The first-order chi connectivity index (χ1) is 11.3. The van der Waals surface area contributed by atoms with E-state index in [2.05, 4.69) is 24.2 Å². The SMILES string of the molecule is CCCCN=C(NCCc1ccco1)N(C)CCOCC1CC1. The summed E-state index contributed by atoms with van der Waals surface area (Å²) in [5.41, 5.74) is 0. The number of furan rings is 1. The third-order valence-corrected chi connectivity index (χ3v) is 3.99. The van der Waals surface area contributed by atoms with Gasteiger partial charge in [-0.2, -0.15) is 0 Å². The van der Waals surface area contributed by atoms with Crippen molar-refractivity contribution in [2.24, 2.45) is 10.9 Å². The first-order valence-electron chi connectivity index (χ1n) is 8.89. The number of guanidine groups is 1. The van der Waals surface area contributed by atoms with Gasteiger partial charge in [-0.15, -0.1) is 0 Å². The average Bonchev–Trinajstić information content (AvgIpc) is 3.24. The fourth-order valence-electron chi connectivity index (χ4n) is 2.25. The Balaban J connectivity index is 1.70. The normalized spacial score (nSPS) is 15.0. The summed E-state index contributed by atoms with van der Waals surface area (Å²) in [5.74, 6) is 2.78. The van der Waals surface area contributed by atoms with E-state index in [0.29, 0.717) is 0 Å². The Morgan fingerprint density at radius 3 is 3.04 bits per heavy atom. The molecule has 0 bridgehead atoms. The molecule has 0 atom stereocenters. The van der Waals surface area contributed by atoms with Gasteiger partial charge in [0, 0.05) is 39.7 Å². The Morgan fingerprint density at radius 1 is 1.48 bits per heavy atom. The summed E-state index contributed by atoms with van der Waals surface area (Å²) in [7, 11) is 2.07. The zero-order valence-corrected chi connectivity index (χ0v) is 14.6. The lowest BCUT2D eigenvalue weighted by atomic mass is 10.3. The van der Waals surface area contributed by atoms with Crippen molar-refractivity contribution in [1.82, 2.24) is 10.2 Å². The second kappa shape index (κ2) is 10.3. The van der Waals surface area contributed by atoms with Crippen molar-refractivity contribution < 1.29 is 9.15 Å². The third kappa shape index (κ3) is 7.55. The first kappa shape index (κ1) is 17.9. The number of ether oxygens (including phenoxy) is 1. The molecule has 1 N–H and O–H groups in total. The smallest absolute Gasteiger partial charge is 0.193 e. The maximum Gasteiger partial charge on any atom is 0.193 e. The molecule has 0 spiro atoms. The van der Waals surface area contributed by atoms with E-state index in [0.717, 1.165) is 69.7 Å². The quantitative estimate of drug-likeness (QED) is 0.387. The van der Waals surface area contributed by atoms with E-state index < -0.39 is 0 Å². The lowest BCUT2D eigenvalue weighted by Gasteiger charge is -2.22. The van der Waals surface area contributed by atoms with Crippen LogP contribution in [0.4, 0.5) is 0 Å². The maximum atomic E-state index is 5.73. The highest BCUT2D eigenvalue weighted by atomic mass is 16.5. The molecular weight excluding hydrogens is 290 g/mol. The van der Waals surface area contributed by atoms with Gasteiger partial charge < -0.3 is 19.4 Å². The summed E-state index contributed by atoms with van der Waals surface area (Å²) in [6.45, 7) is 6.43. The molecule has 0 amide bonds. The highest BCUT2D eigenvalue weighted by Crippen LogP contribution is 2.28. The molecule has 5 heteroatoms. The summed E-state index contributed by atoms with van der Waals surface area (Å²) in [5, 5.41) is 3.44. The molecule has 0 aliphatic heterocycles. The first-order valence-corrected chi connectivity index (χ1v) is 8.89. The Labute approximate surface area is 140 Å². The number of hydrogen-bond donors (Lipinski definition) is 1. The molecule has 0 aromatic carbocycles. The zero-order chi connectivity index (χ0) is 16.3. The number of rotatable bonds is 11. The standard InChI is InChI=1S/C18H31N3O2/c1-3-4-10-19-18(20-11-9-17-6-5-13-23-17)21(2)12-14-22-15-16-7-8-16/h5-6,13,16H,3-4,7-12,14-15H2,1-2H3,(H,19,20). The number of nitrogens with zero attached hydrogens (tertiary/aromatic N) is 2. The maximum absolute atomic E-state index is 5.73. The van der Waals surface area contributed by atoms with Crippen LogP contribution in [0.2, 0.25) is 0 Å². The van der Waals surface area contributed by atoms with Crippen molar-refractivity contribution >= 4 is 5.96 Å². The van der Waals surface area contributed by atoms with Crippen LogP contribution in [0.3, 0.4) is 0 Å². The van der Waals surface area contributed by atoms with Gasteiger partial charge in [-0.1, -0.05) is 13.3 Å². The van der Waals surface area contributed by atoms with Crippen molar-refractivity contribution in [1.29, 1.82) is 0 Å². The van der Waals surface area contributed by atoms with E-state index >= 15 is 0 Å². The molecule has 0 radical (unpaired) electrons. The van der Waals surface area contributed by atoms with E-state index in [-0.39, 0.29) is 0 Å². The molecule has 1 saturated carbocycles. The van der Waals surface area contributed by atoms with Crippen molar-refractivity contribution in [3.05, 3.63) is 24.2 Å².